The summed E-state index contributed by atoms with van der Waals surface area (Å²) >= 11 is 0. The molecule has 1 heterocycles. The van der Waals surface area contributed by atoms with Crippen LogP contribution in [0.3, 0.4) is 0 Å². The number of ether oxygens (including phenoxy) is 1. The van der Waals surface area contributed by atoms with Crippen molar-refractivity contribution in [3.05, 3.63) is 29.3 Å². The Balaban J connectivity index is 2.00. The maximum atomic E-state index is 10.6. The topological polar surface area (TPSA) is 38.7 Å². The molecule has 0 radical (unpaired) electrons. The van der Waals surface area contributed by atoms with E-state index in [0.29, 0.717) is 0 Å². The van der Waals surface area contributed by atoms with E-state index in [4.69, 9.17) is 4.74 Å². The third-order valence-electron chi connectivity index (χ3n) is 3.87. The smallest absolute Gasteiger partial charge is 0.235 e. The van der Waals surface area contributed by atoms with Crippen molar-refractivity contribution in [1.29, 1.82) is 0 Å². The number of nitrogens with zero attached hydrogens (tertiary/aromatic N) is 1. The first-order chi connectivity index (χ1) is 8.23. The van der Waals surface area contributed by atoms with Gasteiger partial charge in [0.2, 0.25) is 6.08 Å². The zero-order valence-electron chi connectivity index (χ0n) is 9.90. The van der Waals surface area contributed by atoms with Crippen LogP contribution >= 0.6 is 0 Å². The Morgan fingerprint density at radius 2 is 2.29 bits per heavy atom. The summed E-state index contributed by atoms with van der Waals surface area (Å²) in [5.74, 6) is 0.978. The molecule has 1 aromatic carbocycles. The molecule has 0 aromatic heterocycles. The van der Waals surface area contributed by atoms with Crippen molar-refractivity contribution in [3.8, 4) is 5.75 Å². The number of hydrogen-bond donors (Lipinski definition) is 0. The minimum absolute atomic E-state index is 0.257. The van der Waals surface area contributed by atoms with Gasteiger partial charge in [-0.3, -0.25) is 0 Å². The Labute approximate surface area is 101 Å². The molecule has 0 bridgehead atoms. The Kier molecular flexibility index (Phi) is 2.30. The Bertz CT molecular complexity index is 499. The monoisotopic (exact) mass is 229 g/mol. The predicted molar refractivity (Wildman–Crippen MR) is 63.9 cm³/mol. The minimum Gasteiger partial charge on any atom is -0.490 e. The lowest BCUT2D eigenvalue weighted by molar-refractivity contribution is 0.253. The first-order valence-electron chi connectivity index (χ1n) is 6.13. The zero-order chi connectivity index (χ0) is 11.9. The van der Waals surface area contributed by atoms with E-state index < -0.39 is 0 Å². The van der Waals surface area contributed by atoms with E-state index in [1.54, 1.807) is 6.08 Å². The van der Waals surface area contributed by atoms with E-state index in [-0.39, 0.29) is 11.6 Å². The third-order valence-corrected chi connectivity index (χ3v) is 3.87. The molecule has 1 saturated carbocycles. The maximum Gasteiger partial charge on any atom is 0.235 e. The van der Waals surface area contributed by atoms with Crippen molar-refractivity contribution in [3.63, 3.8) is 0 Å². The van der Waals surface area contributed by atoms with Gasteiger partial charge in [-0.15, -0.1) is 0 Å². The van der Waals surface area contributed by atoms with Crippen LogP contribution in [0, 0.1) is 0 Å². The fourth-order valence-corrected chi connectivity index (χ4v) is 2.78. The van der Waals surface area contributed by atoms with Crippen molar-refractivity contribution >= 4 is 6.08 Å². The lowest BCUT2D eigenvalue weighted by atomic mass is 9.72. The fraction of sp³-hybridized carbons (Fsp3) is 0.500. The average molecular weight is 229 g/mol. The standard InChI is InChI=1S/C14H15NO2/c1-10-7-11-8-12(3-4-13(11)17-10)14(15-9-16)5-2-6-14/h3-4,8,10H,2,5-7H2,1H3. The molecule has 3 nitrogen and oxygen atoms in total. The summed E-state index contributed by atoms with van der Waals surface area (Å²) in [5.41, 5.74) is 2.09. The summed E-state index contributed by atoms with van der Waals surface area (Å²) in [5, 5.41) is 0. The second-order valence-electron chi connectivity index (χ2n) is 5.04. The van der Waals surface area contributed by atoms with Gasteiger partial charge in [0.15, 0.2) is 0 Å². The molecule has 3 heteroatoms. The van der Waals surface area contributed by atoms with E-state index in [2.05, 4.69) is 18.0 Å². The van der Waals surface area contributed by atoms with Crippen LogP contribution in [0.15, 0.2) is 23.2 Å². The summed E-state index contributed by atoms with van der Waals surface area (Å²) in [4.78, 5) is 14.6. The van der Waals surface area contributed by atoms with Gasteiger partial charge >= 0.3 is 0 Å². The highest BCUT2D eigenvalue weighted by molar-refractivity contribution is 5.45. The van der Waals surface area contributed by atoms with Gasteiger partial charge in [0.1, 0.15) is 11.9 Å². The molecular weight excluding hydrogens is 214 g/mol. The van der Waals surface area contributed by atoms with Crippen LogP contribution in [0.4, 0.5) is 0 Å². The summed E-state index contributed by atoms with van der Waals surface area (Å²) in [6, 6.07) is 6.20. The Morgan fingerprint density at radius 3 is 2.94 bits per heavy atom. The molecule has 1 atom stereocenters. The van der Waals surface area contributed by atoms with Gasteiger partial charge in [-0.25, -0.2) is 4.79 Å². The minimum atomic E-state index is -0.289. The fourth-order valence-electron chi connectivity index (χ4n) is 2.78. The quantitative estimate of drug-likeness (QED) is 0.577. The first-order valence-corrected chi connectivity index (χ1v) is 6.13. The van der Waals surface area contributed by atoms with Crippen LogP contribution in [-0.4, -0.2) is 12.2 Å². The van der Waals surface area contributed by atoms with Gasteiger partial charge in [-0.1, -0.05) is 6.07 Å². The molecule has 0 N–H and O–H groups in total. The van der Waals surface area contributed by atoms with E-state index in [1.807, 2.05) is 12.1 Å². The van der Waals surface area contributed by atoms with Crippen LogP contribution in [0.2, 0.25) is 0 Å². The van der Waals surface area contributed by atoms with Gasteiger partial charge in [0.25, 0.3) is 0 Å². The molecule has 1 aromatic rings. The second-order valence-corrected chi connectivity index (χ2v) is 5.04. The van der Waals surface area contributed by atoms with Crippen molar-refractivity contribution < 1.29 is 9.53 Å². The zero-order valence-corrected chi connectivity index (χ0v) is 9.90. The summed E-state index contributed by atoms with van der Waals surface area (Å²) in [6.45, 7) is 2.07. The lowest BCUT2D eigenvalue weighted by Crippen LogP contribution is -2.31. The largest absolute Gasteiger partial charge is 0.490 e. The van der Waals surface area contributed by atoms with Crippen LogP contribution in [0.25, 0.3) is 0 Å². The molecule has 0 saturated heterocycles. The Hall–Kier alpha value is -1.60. The third kappa shape index (κ3) is 1.58. The first kappa shape index (κ1) is 10.5. The van der Waals surface area contributed by atoms with E-state index in [9.17, 15) is 4.79 Å². The van der Waals surface area contributed by atoms with E-state index in [0.717, 1.165) is 37.0 Å². The average Bonchev–Trinajstić information content (AvgIpc) is 2.62. The number of benzene rings is 1. The highest BCUT2D eigenvalue weighted by Gasteiger charge is 2.39. The molecule has 1 aliphatic carbocycles. The summed E-state index contributed by atoms with van der Waals surface area (Å²) in [6.07, 6.45) is 5.98. The molecule has 17 heavy (non-hydrogen) atoms. The molecule has 2 aliphatic rings. The van der Waals surface area contributed by atoms with Crippen molar-refractivity contribution in [1.82, 2.24) is 0 Å². The molecule has 0 spiro atoms. The summed E-state index contributed by atoms with van der Waals surface area (Å²) < 4.78 is 5.68. The van der Waals surface area contributed by atoms with Gasteiger partial charge in [-0.05, 0) is 49.4 Å². The number of aliphatic imine (C=N–C) groups is 1. The van der Waals surface area contributed by atoms with Gasteiger partial charge in [0, 0.05) is 6.42 Å². The predicted octanol–water partition coefficient (Wildman–Crippen LogP) is 2.73. The lowest BCUT2D eigenvalue weighted by Gasteiger charge is -2.37. The SMILES string of the molecule is CC1Cc2cc(C3(N=C=O)CCC3)ccc2O1. The van der Waals surface area contributed by atoms with Crippen molar-refractivity contribution in [2.24, 2.45) is 4.99 Å². The van der Waals surface area contributed by atoms with E-state index >= 15 is 0 Å². The molecule has 1 unspecified atom stereocenters. The van der Waals surface area contributed by atoms with Crippen LogP contribution in [0.1, 0.15) is 37.3 Å². The molecule has 0 amide bonds. The number of fused-ring (bicyclic) bond motifs is 1. The van der Waals surface area contributed by atoms with Gasteiger partial charge in [-0.2, -0.15) is 4.99 Å². The molecular formula is C14H15NO2. The summed E-state index contributed by atoms with van der Waals surface area (Å²) in [7, 11) is 0. The van der Waals surface area contributed by atoms with Crippen LogP contribution < -0.4 is 4.74 Å². The van der Waals surface area contributed by atoms with Gasteiger partial charge < -0.3 is 4.74 Å². The van der Waals surface area contributed by atoms with Crippen molar-refractivity contribution in [2.45, 2.75) is 44.2 Å². The number of rotatable bonds is 2. The normalized spacial score (nSPS) is 24.2. The highest BCUT2D eigenvalue weighted by Crippen LogP contribution is 2.46. The number of carbonyl (C=O) groups excluding carboxylic acids is 1. The molecule has 88 valence electrons. The van der Waals surface area contributed by atoms with Gasteiger partial charge in [0.05, 0.1) is 5.54 Å². The maximum absolute atomic E-state index is 10.6. The van der Waals surface area contributed by atoms with Crippen LogP contribution in [0.5, 0.6) is 5.75 Å². The highest BCUT2D eigenvalue weighted by atomic mass is 16.5. The molecule has 1 fully saturated rings. The Morgan fingerprint density at radius 1 is 1.47 bits per heavy atom. The van der Waals surface area contributed by atoms with Crippen molar-refractivity contribution in [2.75, 3.05) is 0 Å². The molecule has 3 rings (SSSR count). The van der Waals surface area contributed by atoms with E-state index in [1.165, 1.54) is 5.56 Å². The number of hydrogen-bond acceptors (Lipinski definition) is 3. The molecule has 1 aliphatic heterocycles. The second kappa shape index (κ2) is 3.71. The van der Waals surface area contributed by atoms with Crippen LogP contribution in [-0.2, 0) is 16.8 Å². The number of isocyanates is 1.